The first kappa shape index (κ1) is 18.5. The second kappa shape index (κ2) is 7.30. The highest BCUT2D eigenvalue weighted by Crippen LogP contribution is 2.34. The van der Waals surface area contributed by atoms with Crippen molar-refractivity contribution in [3.63, 3.8) is 0 Å². The van der Waals surface area contributed by atoms with Crippen molar-refractivity contribution in [1.29, 1.82) is 0 Å². The van der Waals surface area contributed by atoms with E-state index in [1.54, 1.807) is 0 Å². The van der Waals surface area contributed by atoms with E-state index in [4.69, 9.17) is 9.72 Å². The maximum atomic E-state index is 12.3. The molecule has 0 bridgehead atoms. The van der Waals surface area contributed by atoms with Crippen molar-refractivity contribution in [2.45, 2.75) is 25.3 Å². The maximum Gasteiger partial charge on any atom is 0.410 e. The molecule has 2 fully saturated rings. The second-order valence-corrected chi connectivity index (χ2v) is 7.78. The summed E-state index contributed by atoms with van der Waals surface area (Å²) in [6.07, 6.45) is 1.41. The van der Waals surface area contributed by atoms with Crippen molar-refractivity contribution in [3.05, 3.63) is 47.7 Å². The number of hydrogen-bond acceptors (Lipinski definition) is 6. The topological polar surface area (TPSA) is 61.8 Å². The van der Waals surface area contributed by atoms with E-state index in [9.17, 15) is 4.79 Å². The summed E-state index contributed by atoms with van der Waals surface area (Å²) in [5.74, 6) is 1.63. The zero-order valence-corrected chi connectivity index (χ0v) is 16.8. The van der Waals surface area contributed by atoms with Gasteiger partial charge in [0.25, 0.3) is 0 Å². The highest BCUT2D eigenvalue weighted by molar-refractivity contribution is 5.72. The molecule has 0 radical (unpaired) electrons. The minimum atomic E-state index is -0.369. The minimum Gasteiger partial charge on any atom is -0.447 e. The predicted molar refractivity (Wildman–Crippen MR) is 109 cm³/mol. The van der Waals surface area contributed by atoms with Crippen molar-refractivity contribution in [2.24, 2.45) is 0 Å². The third-order valence-corrected chi connectivity index (χ3v) is 5.55. The number of anilines is 2. The molecule has 0 saturated carbocycles. The molecule has 3 heterocycles. The molecule has 1 amide bonds. The third-order valence-electron chi connectivity index (χ3n) is 5.55. The number of amides is 1. The van der Waals surface area contributed by atoms with Crippen molar-refractivity contribution in [2.75, 3.05) is 50.1 Å². The van der Waals surface area contributed by atoms with Gasteiger partial charge in [-0.2, -0.15) is 4.98 Å². The number of carbonyl (C=O) groups excluding carboxylic acids is 1. The smallest absolute Gasteiger partial charge is 0.410 e. The summed E-state index contributed by atoms with van der Waals surface area (Å²) in [7, 11) is 3.91. The number of cyclic esters (lactones) is 1. The Hall–Kier alpha value is -2.83. The maximum absolute atomic E-state index is 12.3. The highest BCUT2D eigenvalue weighted by Gasteiger charge is 2.51. The molecule has 0 aliphatic carbocycles. The van der Waals surface area contributed by atoms with Gasteiger partial charge in [-0.25, -0.2) is 9.78 Å². The van der Waals surface area contributed by atoms with Gasteiger partial charge in [0.2, 0.25) is 5.95 Å². The summed E-state index contributed by atoms with van der Waals surface area (Å²) in [5, 5.41) is 0. The van der Waals surface area contributed by atoms with E-state index in [2.05, 4.69) is 35.0 Å². The van der Waals surface area contributed by atoms with E-state index in [1.807, 2.05) is 42.1 Å². The molecular formula is C21H27N5O2. The average molecular weight is 381 g/mol. The first-order valence-corrected chi connectivity index (χ1v) is 9.79. The summed E-state index contributed by atoms with van der Waals surface area (Å²) in [6.45, 7) is 4.57. The molecular weight excluding hydrogens is 354 g/mol. The van der Waals surface area contributed by atoms with Gasteiger partial charge in [-0.15, -0.1) is 0 Å². The van der Waals surface area contributed by atoms with E-state index >= 15 is 0 Å². The van der Waals surface area contributed by atoms with Gasteiger partial charge < -0.3 is 14.5 Å². The molecule has 1 atom stereocenters. The van der Waals surface area contributed by atoms with Gasteiger partial charge in [0.15, 0.2) is 0 Å². The van der Waals surface area contributed by atoms with Crippen molar-refractivity contribution < 1.29 is 9.53 Å². The largest absolute Gasteiger partial charge is 0.447 e. The van der Waals surface area contributed by atoms with Crippen LogP contribution in [-0.2, 0) is 17.6 Å². The molecule has 7 heteroatoms. The Balaban J connectivity index is 1.66. The van der Waals surface area contributed by atoms with E-state index in [1.165, 1.54) is 5.56 Å². The number of nitrogens with zero attached hydrogens (tertiary/aromatic N) is 5. The standard InChI is InChI=1S/C21H27N5O2/c1-4-17-12-18(23-19(22-17)24(2)3)25-10-11-26-20(27)28-15-21(26,14-25)13-16-8-6-5-7-9-16/h5-9,12H,4,10-11,13-15H2,1-3H3. The molecule has 28 heavy (non-hydrogen) atoms. The number of benzene rings is 1. The van der Waals surface area contributed by atoms with Gasteiger partial charge in [0.1, 0.15) is 18.0 Å². The van der Waals surface area contributed by atoms with Crippen molar-refractivity contribution in [3.8, 4) is 0 Å². The monoisotopic (exact) mass is 381 g/mol. The first-order chi connectivity index (χ1) is 13.5. The SMILES string of the molecule is CCc1cc(N2CCN3C(=O)OCC3(Cc3ccccc3)C2)nc(N(C)C)n1. The quantitative estimate of drug-likeness (QED) is 0.792. The van der Waals surface area contributed by atoms with Crippen LogP contribution in [0.2, 0.25) is 0 Å². The number of carbonyl (C=O) groups is 1. The summed E-state index contributed by atoms with van der Waals surface area (Å²) >= 11 is 0. The molecule has 1 unspecified atom stereocenters. The second-order valence-electron chi connectivity index (χ2n) is 7.78. The van der Waals surface area contributed by atoms with E-state index in [0.717, 1.165) is 30.9 Å². The van der Waals surface area contributed by atoms with Crippen LogP contribution in [0.25, 0.3) is 0 Å². The highest BCUT2D eigenvalue weighted by atomic mass is 16.6. The molecule has 0 spiro atoms. The molecule has 0 N–H and O–H groups in total. The zero-order valence-electron chi connectivity index (χ0n) is 16.8. The van der Waals surface area contributed by atoms with Crippen LogP contribution in [0.5, 0.6) is 0 Å². The fourth-order valence-electron chi connectivity index (χ4n) is 4.05. The lowest BCUT2D eigenvalue weighted by molar-refractivity contribution is 0.140. The fraction of sp³-hybridized carbons (Fsp3) is 0.476. The third kappa shape index (κ3) is 3.37. The van der Waals surface area contributed by atoms with Gasteiger partial charge >= 0.3 is 6.09 Å². The number of hydrogen-bond donors (Lipinski definition) is 0. The van der Waals surface area contributed by atoms with Crippen LogP contribution in [0.3, 0.4) is 0 Å². The first-order valence-electron chi connectivity index (χ1n) is 9.79. The molecule has 2 aliphatic rings. The number of ether oxygens (including phenoxy) is 1. The number of aromatic nitrogens is 2. The minimum absolute atomic E-state index is 0.207. The van der Waals surface area contributed by atoms with Crippen molar-refractivity contribution in [1.82, 2.24) is 14.9 Å². The number of aryl methyl sites for hydroxylation is 1. The number of fused-ring (bicyclic) bond motifs is 1. The van der Waals surface area contributed by atoms with Crippen LogP contribution >= 0.6 is 0 Å². The molecule has 2 aliphatic heterocycles. The Labute approximate surface area is 165 Å². The average Bonchev–Trinajstić information content (AvgIpc) is 3.04. The van der Waals surface area contributed by atoms with Crippen molar-refractivity contribution >= 4 is 17.9 Å². The summed E-state index contributed by atoms with van der Waals surface area (Å²) in [5.41, 5.74) is 1.86. The Morgan fingerprint density at radius 2 is 1.96 bits per heavy atom. The van der Waals surface area contributed by atoms with Crippen LogP contribution in [0.15, 0.2) is 36.4 Å². The molecule has 148 valence electrons. The van der Waals surface area contributed by atoms with Gasteiger partial charge in [-0.3, -0.25) is 4.90 Å². The van der Waals surface area contributed by atoms with Gasteiger partial charge in [0, 0.05) is 51.9 Å². The summed E-state index contributed by atoms with van der Waals surface area (Å²) in [6, 6.07) is 12.4. The normalized spacial score (nSPS) is 21.5. The lowest BCUT2D eigenvalue weighted by Crippen LogP contribution is -2.62. The van der Waals surface area contributed by atoms with Gasteiger partial charge in [0.05, 0.1) is 0 Å². The zero-order chi connectivity index (χ0) is 19.7. The lowest BCUT2D eigenvalue weighted by Gasteiger charge is -2.45. The summed E-state index contributed by atoms with van der Waals surface area (Å²) < 4.78 is 5.49. The number of rotatable bonds is 5. The molecule has 4 rings (SSSR count). The van der Waals surface area contributed by atoms with Gasteiger partial charge in [-0.05, 0) is 12.0 Å². The Morgan fingerprint density at radius 3 is 2.68 bits per heavy atom. The van der Waals surface area contributed by atoms with E-state index in [-0.39, 0.29) is 11.6 Å². The van der Waals surface area contributed by atoms with Crippen LogP contribution in [0, 0.1) is 0 Å². The van der Waals surface area contributed by atoms with Crippen LogP contribution in [-0.4, -0.2) is 66.8 Å². The molecule has 2 aromatic rings. The molecule has 1 aromatic heterocycles. The van der Waals surface area contributed by atoms with Gasteiger partial charge in [-0.1, -0.05) is 37.3 Å². The predicted octanol–water partition coefficient (Wildman–Crippen LogP) is 2.36. The van der Waals surface area contributed by atoms with Crippen LogP contribution in [0.4, 0.5) is 16.6 Å². The van der Waals surface area contributed by atoms with Crippen LogP contribution in [0.1, 0.15) is 18.2 Å². The Morgan fingerprint density at radius 1 is 1.18 bits per heavy atom. The molecule has 1 aromatic carbocycles. The van der Waals surface area contributed by atoms with E-state index in [0.29, 0.717) is 25.6 Å². The van der Waals surface area contributed by atoms with Crippen LogP contribution < -0.4 is 9.80 Å². The molecule has 2 saturated heterocycles. The lowest BCUT2D eigenvalue weighted by atomic mass is 9.88. The number of piperazine rings is 1. The summed E-state index contributed by atoms with van der Waals surface area (Å²) in [4.78, 5) is 27.8. The molecule has 7 nitrogen and oxygen atoms in total. The van der Waals surface area contributed by atoms with E-state index < -0.39 is 0 Å². The Bertz CT molecular complexity index is 857. The fourth-order valence-corrected chi connectivity index (χ4v) is 4.05. The Kier molecular flexibility index (Phi) is 4.83.